The van der Waals surface area contributed by atoms with Gasteiger partial charge in [0.1, 0.15) is 18.2 Å². The first-order valence-corrected chi connectivity index (χ1v) is 9.75. The van der Waals surface area contributed by atoms with Crippen molar-refractivity contribution in [2.75, 3.05) is 0 Å². The average molecular weight is 441 g/mol. The molecule has 130 valence electrons. The van der Waals surface area contributed by atoms with Gasteiger partial charge >= 0.3 is 0 Å². The van der Waals surface area contributed by atoms with Crippen LogP contribution in [0.3, 0.4) is 0 Å². The lowest BCUT2D eigenvalue weighted by molar-refractivity contribution is 0.302. The zero-order valence-electron chi connectivity index (χ0n) is 13.3. The highest BCUT2D eigenvalue weighted by Crippen LogP contribution is 2.26. The number of thiophene rings is 1. The zero-order valence-corrected chi connectivity index (χ0v) is 16.4. The van der Waals surface area contributed by atoms with Gasteiger partial charge in [-0.1, -0.05) is 39.7 Å². The molecule has 0 radical (unpaired) electrons. The second kappa shape index (κ2) is 8.81. The van der Waals surface area contributed by atoms with E-state index in [9.17, 15) is 4.39 Å². The van der Waals surface area contributed by atoms with Crippen molar-refractivity contribution in [3.63, 3.8) is 0 Å². The van der Waals surface area contributed by atoms with Crippen LogP contribution in [-0.2, 0) is 19.7 Å². The summed E-state index contributed by atoms with van der Waals surface area (Å²) < 4.78 is 20.1. The average Bonchev–Trinajstić information content (AvgIpc) is 3.09. The van der Waals surface area contributed by atoms with Crippen LogP contribution >= 0.6 is 38.9 Å². The van der Waals surface area contributed by atoms with Crippen molar-refractivity contribution in [2.45, 2.75) is 19.7 Å². The summed E-state index contributed by atoms with van der Waals surface area (Å²) >= 11 is 11.3. The molecule has 0 saturated carbocycles. The molecule has 1 heterocycles. The minimum Gasteiger partial charge on any atom is -0.489 e. The fourth-order valence-corrected chi connectivity index (χ4v) is 3.66. The number of rotatable bonds is 7. The predicted molar refractivity (Wildman–Crippen MR) is 105 cm³/mol. The van der Waals surface area contributed by atoms with Gasteiger partial charge in [-0.3, -0.25) is 0 Å². The largest absolute Gasteiger partial charge is 0.489 e. The van der Waals surface area contributed by atoms with Crippen LogP contribution in [0.5, 0.6) is 5.75 Å². The Hall–Kier alpha value is -1.40. The highest BCUT2D eigenvalue weighted by Gasteiger charge is 2.08. The van der Waals surface area contributed by atoms with Crippen molar-refractivity contribution in [3.8, 4) is 5.75 Å². The maximum Gasteiger partial charge on any atom is 0.124 e. The van der Waals surface area contributed by atoms with Crippen molar-refractivity contribution >= 4 is 38.9 Å². The van der Waals surface area contributed by atoms with E-state index < -0.39 is 0 Å². The highest BCUT2D eigenvalue weighted by atomic mass is 79.9. The first kappa shape index (κ1) is 18.4. The maximum absolute atomic E-state index is 13.1. The summed E-state index contributed by atoms with van der Waals surface area (Å²) in [6.07, 6.45) is 0. The number of halogens is 3. The van der Waals surface area contributed by atoms with E-state index in [4.69, 9.17) is 16.3 Å². The molecule has 1 N–H and O–H groups in total. The van der Waals surface area contributed by atoms with E-state index in [1.807, 2.05) is 24.3 Å². The van der Waals surface area contributed by atoms with E-state index in [-0.39, 0.29) is 5.82 Å². The van der Waals surface area contributed by atoms with Crippen LogP contribution in [0, 0.1) is 5.82 Å². The molecule has 6 heteroatoms. The van der Waals surface area contributed by atoms with Gasteiger partial charge in [-0.05, 0) is 41.8 Å². The number of hydrogen-bond donors (Lipinski definition) is 1. The lowest BCUT2D eigenvalue weighted by Crippen LogP contribution is -2.13. The Morgan fingerprint density at radius 1 is 1.08 bits per heavy atom. The third-order valence-electron chi connectivity index (χ3n) is 3.62. The summed E-state index contributed by atoms with van der Waals surface area (Å²) in [6, 6.07) is 14.4. The molecule has 0 bridgehead atoms. The van der Waals surface area contributed by atoms with Crippen LogP contribution in [0.4, 0.5) is 4.39 Å². The van der Waals surface area contributed by atoms with Crippen molar-refractivity contribution in [3.05, 3.63) is 85.2 Å². The molecule has 2 aromatic carbocycles. The van der Waals surface area contributed by atoms with Gasteiger partial charge in [-0.2, -0.15) is 0 Å². The molecule has 1 aromatic heterocycles. The Bertz CT molecular complexity index is 841. The molecule has 3 rings (SSSR count). The van der Waals surface area contributed by atoms with E-state index in [1.54, 1.807) is 17.4 Å². The number of hydrogen-bond acceptors (Lipinski definition) is 3. The van der Waals surface area contributed by atoms with Crippen molar-refractivity contribution in [1.29, 1.82) is 0 Å². The molecule has 0 unspecified atom stereocenters. The number of nitrogens with one attached hydrogen (secondary N) is 1. The Balaban J connectivity index is 1.65. The molecule has 0 atom stereocenters. The minimum atomic E-state index is -0.351. The fraction of sp³-hybridized carbons (Fsp3) is 0.158. The first-order chi connectivity index (χ1) is 12.1. The highest BCUT2D eigenvalue weighted by molar-refractivity contribution is 9.10. The van der Waals surface area contributed by atoms with Crippen LogP contribution < -0.4 is 10.1 Å². The first-order valence-electron chi connectivity index (χ1n) is 7.70. The van der Waals surface area contributed by atoms with Crippen LogP contribution in [0.1, 0.15) is 16.0 Å². The second-order valence-electron chi connectivity index (χ2n) is 5.46. The molecule has 0 aliphatic carbocycles. The van der Waals surface area contributed by atoms with Gasteiger partial charge < -0.3 is 10.1 Å². The molecule has 0 amide bonds. The van der Waals surface area contributed by atoms with E-state index in [0.717, 1.165) is 27.9 Å². The fourth-order valence-electron chi connectivity index (χ4n) is 2.35. The molecular formula is C19H16BrClFNOS. The maximum atomic E-state index is 13.1. The van der Waals surface area contributed by atoms with Crippen molar-refractivity contribution in [2.24, 2.45) is 0 Å². The van der Waals surface area contributed by atoms with Gasteiger partial charge in [0.2, 0.25) is 0 Å². The Labute approximate surface area is 163 Å². The SMILES string of the molecule is Fc1ccc(COc2ccc(Br)cc2CNCc2cccs2)c(Cl)c1. The molecule has 0 spiro atoms. The van der Waals surface area contributed by atoms with E-state index >= 15 is 0 Å². The molecule has 2 nitrogen and oxygen atoms in total. The zero-order chi connectivity index (χ0) is 17.6. The standard InChI is InChI=1S/C19H16BrClFNOS/c20-15-4-6-19(24-12-13-3-5-16(22)9-18(13)21)14(8-15)10-23-11-17-2-1-7-25-17/h1-9,23H,10-12H2. The quantitative estimate of drug-likeness (QED) is 0.474. The monoisotopic (exact) mass is 439 g/mol. The third-order valence-corrected chi connectivity index (χ3v) is 5.34. The van der Waals surface area contributed by atoms with Crippen LogP contribution in [0.15, 0.2) is 58.4 Å². The van der Waals surface area contributed by atoms with Gasteiger partial charge in [0.05, 0.1) is 5.02 Å². The normalized spacial score (nSPS) is 10.8. The molecule has 3 aromatic rings. The molecule has 0 aliphatic rings. The van der Waals surface area contributed by atoms with E-state index in [1.165, 1.54) is 17.0 Å². The van der Waals surface area contributed by atoms with Gasteiger partial charge in [0.25, 0.3) is 0 Å². The lowest BCUT2D eigenvalue weighted by atomic mass is 10.2. The topological polar surface area (TPSA) is 21.3 Å². The van der Waals surface area contributed by atoms with Crippen LogP contribution in [0.25, 0.3) is 0 Å². The summed E-state index contributed by atoms with van der Waals surface area (Å²) in [4.78, 5) is 1.29. The van der Waals surface area contributed by atoms with Crippen LogP contribution in [0.2, 0.25) is 5.02 Å². The summed E-state index contributed by atoms with van der Waals surface area (Å²) in [5.74, 6) is 0.429. The smallest absolute Gasteiger partial charge is 0.124 e. The van der Waals surface area contributed by atoms with Gasteiger partial charge in [-0.25, -0.2) is 4.39 Å². The predicted octanol–water partition coefficient (Wildman–Crippen LogP) is 6.17. The Morgan fingerprint density at radius 2 is 1.96 bits per heavy atom. The Morgan fingerprint density at radius 3 is 2.72 bits per heavy atom. The third kappa shape index (κ3) is 5.28. The molecular weight excluding hydrogens is 425 g/mol. The number of benzene rings is 2. The van der Waals surface area contributed by atoms with Gasteiger partial charge in [-0.15, -0.1) is 11.3 Å². The molecule has 25 heavy (non-hydrogen) atoms. The molecule has 0 aliphatic heterocycles. The summed E-state index contributed by atoms with van der Waals surface area (Å²) in [6.45, 7) is 1.79. The lowest BCUT2D eigenvalue weighted by Gasteiger charge is -2.13. The Kier molecular flexibility index (Phi) is 6.48. The van der Waals surface area contributed by atoms with Crippen LogP contribution in [-0.4, -0.2) is 0 Å². The van der Waals surface area contributed by atoms with E-state index in [2.05, 4.69) is 32.7 Å². The summed E-state index contributed by atoms with van der Waals surface area (Å²) in [5.41, 5.74) is 1.80. The minimum absolute atomic E-state index is 0.290. The van der Waals surface area contributed by atoms with Crippen molar-refractivity contribution < 1.29 is 9.13 Å². The summed E-state index contributed by atoms with van der Waals surface area (Å²) in [7, 11) is 0. The number of ether oxygens (including phenoxy) is 1. The van der Waals surface area contributed by atoms with Crippen molar-refractivity contribution in [1.82, 2.24) is 5.32 Å². The van der Waals surface area contributed by atoms with E-state index in [0.29, 0.717) is 18.2 Å². The summed E-state index contributed by atoms with van der Waals surface area (Å²) in [5, 5.41) is 5.86. The molecule has 0 saturated heterocycles. The van der Waals surface area contributed by atoms with Gasteiger partial charge in [0.15, 0.2) is 0 Å². The molecule has 0 fully saturated rings. The van der Waals surface area contributed by atoms with Gasteiger partial charge in [0, 0.05) is 33.6 Å². The second-order valence-corrected chi connectivity index (χ2v) is 7.81.